The number of hydrogen-bond donors (Lipinski definition) is 2. The maximum atomic E-state index is 11.7. The number of hydrogen-bond acceptors (Lipinski definition) is 5. The zero-order valence-electron chi connectivity index (χ0n) is 8.66. The van der Waals surface area contributed by atoms with Crippen LogP contribution in [0.5, 0.6) is 0 Å². The molecule has 1 aliphatic rings. The number of nitrogens with one attached hydrogen (secondary N) is 2. The third-order valence-electron chi connectivity index (χ3n) is 2.09. The maximum Gasteiger partial charge on any atom is 0.244 e. The smallest absolute Gasteiger partial charge is 0.244 e. The number of aryl methyl sites for hydroxylation is 1. The van der Waals surface area contributed by atoms with Crippen molar-refractivity contribution in [3.63, 3.8) is 0 Å². The lowest BCUT2D eigenvalue weighted by atomic mass is 10.3. The van der Waals surface area contributed by atoms with Crippen molar-refractivity contribution in [3.8, 4) is 0 Å². The second-order valence-electron chi connectivity index (χ2n) is 3.42. The highest BCUT2D eigenvalue weighted by Gasteiger charge is 2.23. The number of nitrogens with zero attached hydrogens (tertiary/aromatic N) is 2. The summed E-state index contributed by atoms with van der Waals surface area (Å²) in [6.45, 7) is 1.80. The summed E-state index contributed by atoms with van der Waals surface area (Å²) in [6, 6.07) is 1.47. The molecule has 5 nitrogen and oxygen atoms in total. The van der Waals surface area contributed by atoms with Crippen LogP contribution in [0, 0.1) is 6.92 Å². The van der Waals surface area contributed by atoms with E-state index in [1.54, 1.807) is 24.8 Å². The van der Waals surface area contributed by atoms with Crippen molar-refractivity contribution in [2.24, 2.45) is 0 Å². The van der Waals surface area contributed by atoms with Gasteiger partial charge in [-0.15, -0.1) is 11.8 Å². The number of aromatic nitrogens is 2. The molecule has 2 N–H and O–H groups in total. The third-order valence-corrected chi connectivity index (χ3v) is 3.22. The molecule has 2 heterocycles. The summed E-state index contributed by atoms with van der Waals surface area (Å²) in [6.07, 6.45) is 0. The molecule has 1 aromatic rings. The lowest BCUT2D eigenvalue weighted by molar-refractivity contribution is -0.117. The van der Waals surface area contributed by atoms with Gasteiger partial charge in [0.25, 0.3) is 0 Å². The average molecular weight is 259 g/mol. The Morgan fingerprint density at radius 1 is 1.69 bits per heavy atom. The van der Waals surface area contributed by atoms with Crippen LogP contribution in [0.2, 0.25) is 5.15 Å². The van der Waals surface area contributed by atoms with Gasteiger partial charge in [-0.25, -0.2) is 9.97 Å². The van der Waals surface area contributed by atoms with Crippen LogP contribution in [0.1, 0.15) is 5.69 Å². The molecule has 0 radical (unpaired) electrons. The summed E-state index contributed by atoms with van der Waals surface area (Å²) >= 11 is 7.46. The first-order chi connectivity index (χ1) is 7.65. The predicted octanol–water partition coefficient (Wildman–Crippen LogP) is 1.04. The van der Waals surface area contributed by atoms with E-state index in [4.69, 9.17) is 11.6 Å². The van der Waals surface area contributed by atoms with Gasteiger partial charge in [-0.05, 0) is 13.0 Å². The van der Waals surface area contributed by atoms with Gasteiger partial charge in [0.1, 0.15) is 5.15 Å². The van der Waals surface area contributed by atoms with Gasteiger partial charge >= 0.3 is 0 Å². The standard InChI is InChI=1S/C9H11ClN4OS/c1-5-2-7(10)13-9(12-5)14-8(15)6-3-16-4-11-6/h2,6,11H,3-4H2,1H3,(H,12,13,14,15). The Morgan fingerprint density at radius 2 is 2.50 bits per heavy atom. The van der Waals surface area contributed by atoms with E-state index in [9.17, 15) is 4.79 Å². The highest BCUT2D eigenvalue weighted by molar-refractivity contribution is 7.99. The number of amides is 1. The molecule has 1 fully saturated rings. The molecule has 1 aliphatic heterocycles. The normalized spacial score (nSPS) is 19.8. The largest absolute Gasteiger partial charge is 0.296 e. The van der Waals surface area contributed by atoms with Crippen molar-refractivity contribution in [2.75, 3.05) is 16.9 Å². The second kappa shape index (κ2) is 4.99. The summed E-state index contributed by atoms with van der Waals surface area (Å²) in [5, 5.41) is 6.04. The lowest BCUT2D eigenvalue weighted by Crippen LogP contribution is -2.37. The zero-order chi connectivity index (χ0) is 11.5. The number of rotatable bonds is 2. The fraction of sp³-hybridized carbons (Fsp3) is 0.444. The highest BCUT2D eigenvalue weighted by atomic mass is 35.5. The Labute approximate surface area is 102 Å². The van der Waals surface area contributed by atoms with Gasteiger partial charge in [0.15, 0.2) is 0 Å². The minimum absolute atomic E-state index is 0.119. The Bertz CT molecular complexity index is 388. The first kappa shape index (κ1) is 11.6. The van der Waals surface area contributed by atoms with E-state index in [-0.39, 0.29) is 17.9 Å². The van der Waals surface area contributed by atoms with Crippen LogP contribution in [0.25, 0.3) is 0 Å². The van der Waals surface area contributed by atoms with E-state index in [1.807, 2.05) is 0 Å². The van der Waals surface area contributed by atoms with Crippen LogP contribution in [0.3, 0.4) is 0 Å². The number of thioether (sulfide) groups is 1. The molecule has 0 aliphatic carbocycles. The number of halogens is 1. The summed E-state index contributed by atoms with van der Waals surface area (Å²) in [5.41, 5.74) is 0.726. The molecule has 7 heteroatoms. The highest BCUT2D eigenvalue weighted by Crippen LogP contribution is 2.13. The molecular weight excluding hydrogens is 248 g/mol. The van der Waals surface area contributed by atoms with Gasteiger partial charge in [0.05, 0.1) is 6.04 Å². The molecule has 1 atom stereocenters. The molecule has 0 saturated carbocycles. The van der Waals surface area contributed by atoms with Crippen molar-refractivity contribution < 1.29 is 4.79 Å². The Balaban J connectivity index is 2.05. The van der Waals surface area contributed by atoms with Crippen molar-refractivity contribution in [1.29, 1.82) is 0 Å². The van der Waals surface area contributed by atoms with E-state index in [0.717, 1.165) is 17.3 Å². The van der Waals surface area contributed by atoms with Gasteiger partial charge in [-0.1, -0.05) is 11.6 Å². The number of carbonyl (C=O) groups excluding carboxylic acids is 1. The molecule has 1 saturated heterocycles. The monoisotopic (exact) mass is 258 g/mol. The molecule has 1 amide bonds. The topological polar surface area (TPSA) is 66.9 Å². The predicted molar refractivity (Wildman–Crippen MR) is 64.7 cm³/mol. The minimum atomic E-state index is -0.173. The van der Waals surface area contributed by atoms with E-state index in [0.29, 0.717) is 5.15 Å². The molecule has 1 unspecified atom stereocenters. The molecule has 0 spiro atoms. The Kier molecular flexibility index (Phi) is 3.63. The zero-order valence-corrected chi connectivity index (χ0v) is 10.2. The fourth-order valence-electron chi connectivity index (χ4n) is 1.35. The first-order valence-electron chi connectivity index (χ1n) is 4.78. The third kappa shape index (κ3) is 2.84. The SMILES string of the molecule is Cc1cc(Cl)nc(NC(=O)C2CSCN2)n1. The van der Waals surface area contributed by atoms with Crippen LogP contribution in [0.4, 0.5) is 5.95 Å². The molecule has 0 bridgehead atoms. The van der Waals surface area contributed by atoms with E-state index < -0.39 is 0 Å². The van der Waals surface area contributed by atoms with Crippen molar-refractivity contribution >= 4 is 35.2 Å². The van der Waals surface area contributed by atoms with Gasteiger partial charge in [-0.2, -0.15) is 0 Å². The molecular formula is C9H11ClN4OS. The lowest BCUT2D eigenvalue weighted by Gasteiger charge is -2.09. The second-order valence-corrected chi connectivity index (χ2v) is 4.83. The summed E-state index contributed by atoms with van der Waals surface area (Å²) in [4.78, 5) is 19.7. The Hall–Kier alpha value is -0.850. The van der Waals surface area contributed by atoms with Gasteiger partial charge < -0.3 is 0 Å². The summed E-state index contributed by atoms with van der Waals surface area (Å²) in [5.74, 6) is 1.71. The average Bonchev–Trinajstić information content (AvgIpc) is 2.68. The van der Waals surface area contributed by atoms with Crippen molar-refractivity contribution in [3.05, 3.63) is 16.9 Å². The van der Waals surface area contributed by atoms with Gasteiger partial charge in [0.2, 0.25) is 11.9 Å². The quantitative estimate of drug-likeness (QED) is 0.776. The van der Waals surface area contributed by atoms with E-state index in [1.165, 1.54) is 0 Å². The molecule has 0 aromatic carbocycles. The number of anilines is 1. The van der Waals surface area contributed by atoms with Crippen molar-refractivity contribution in [1.82, 2.24) is 15.3 Å². The summed E-state index contributed by atoms with van der Waals surface area (Å²) < 4.78 is 0. The molecule has 86 valence electrons. The van der Waals surface area contributed by atoms with Gasteiger partial charge in [0, 0.05) is 17.3 Å². The fourth-order valence-corrected chi connectivity index (χ4v) is 2.53. The van der Waals surface area contributed by atoms with Crippen molar-refractivity contribution in [2.45, 2.75) is 13.0 Å². The van der Waals surface area contributed by atoms with Crippen LogP contribution >= 0.6 is 23.4 Å². The van der Waals surface area contributed by atoms with E-state index >= 15 is 0 Å². The molecule has 1 aromatic heterocycles. The maximum absolute atomic E-state index is 11.7. The van der Waals surface area contributed by atoms with Gasteiger partial charge in [-0.3, -0.25) is 15.4 Å². The molecule has 2 rings (SSSR count). The van der Waals surface area contributed by atoms with E-state index in [2.05, 4.69) is 20.6 Å². The van der Waals surface area contributed by atoms with Crippen LogP contribution in [0.15, 0.2) is 6.07 Å². The Morgan fingerprint density at radius 3 is 3.12 bits per heavy atom. The van der Waals surface area contributed by atoms with Crippen LogP contribution in [-0.4, -0.2) is 33.5 Å². The van der Waals surface area contributed by atoms with Crippen LogP contribution < -0.4 is 10.6 Å². The van der Waals surface area contributed by atoms with Crippen LogP contribution in [-0.2, 0) is 4.79 Å². The first-order valence-corrected chi connectivity index (χ1v) is 6.31. The summed E-state index contributed by atoms with van der Waals surface area (Å²) in [7, 11) is 0. The molecule has 16 heavy (non-hydrogen) atoms. The minimum Gasteiger partial charge on any atom is -0.296 e. The number of carbonyl (C=O) groups is 1.